The Morgan fingerprint density at radius 2 is 1.94 bits per heavy atom. The van der Waals surface area contributed by atoms with Crippen molar-refractivity contribution in [3.05, 3.63) is 0 Å². The van der Waals surface area contributed by atoms with Crippen LogP contribution in [0.1, 0.15) is 45.4 Å². The molecule has 0 aromatic rings. The molecule has 2 rings (SSSR count). The Hall–Kier alpha value is -0.610. The zero-order valence-electron chi connectivity index (χ0n) is 11.7. The molecule has 1 saturated heterocycles. The van der Waals surface area contributed by atoms with Crippen LogP contribution < -0.4 is 5.32 Å². The first kappa shape index (κ1) is 13.8. The van der Waals surface area contributed by atoms with E-state index >= 15 is 0 Å². The third-order valence-corrected chi connectivity index (χ3v) is 4.35. The van der Waals surface area contributed by atoms with Crippen molar-refractivity contribution in [2.45, 2.75) is 57.1 Å². The first-order chi connectivity index (χ1) is 8.65. The number of carbonyl (C=O) groups is 1. The van der Waals surface area contributed by atoms with Gasteiger partial charge >= 0.3 is 0 Å². The van der Waals surface area contributed by atoms with E-state index in [1.807, 2.05) is 6.92 Å². The van der Waals surface area contributed by atoms with Crippen molar-refractivity contribution in [3.8, 4) is 0 Å². The fraction of sp³-hybridized carbons (Fsp3) is 0.929. The molecule has 104 valence electrons. The Morgan fingerprint density at radius 3 is 2.56 bits per heavy atom. The van der Waals surface area contributed by atoms with Gasteiger partial charge in [0.1, 0.15) is 0 Å². The first-order valence-corrected chi connectivity index (χ1v) is 7.26. The molecule has 0 aromatic heterocycles. The molecule has 18 heavy (non-hydrogen) atoms. The molecule has 0 radical (unpaired) electrons. The standard InChI is InChI=1S/C14H26N2O2/c1-14(13(17)15-2)11-16(9-10-18-14)12-7-5-3-4-6-8-12/h12H,3-11H2,1-2H3,(H,15,17)/t14-/m0/s1. The van der Waals surface area contributed by atoms with E-state index in [0.29, 0.717) is 12.6 Å². The van der Waals surface area contributed by atoms with Gasteiger partial charge in [0, 0.05) is 26.2 Å². The average molecular weight is 254 g/mol. The summed E-state index contributed by atoms with van der Waals surface area (Å²) < 4.78 is 5.72. The lowest BCUT2D eigenvalue weighted by atomic mass is 9.99. The molecule has 1 saturated carbocycles. The van der Waals surface area contributed by atoms with E-state index in [1.54, 1.807) is 7.05 Å². The lowest BCUT2D eigenvalue weighted by molar-refractivity contribution is -0.158. The van der Waals surface area contributed by atoms with Crippen LogP contribution in [0.2, 0.25) is 0 Å². The molecule has 4 heteroatoms. The Morgan fingerprint density at radius 1 is 1.28 bits per heavy atom. The molecule has 4 nitrogen and oxygen atoms in total. The van der Waals surface area contributed by atoms with E-state index in [2.05, 4.69) is 10.2 Å². The molecular formula is C14H26N2O2. The van der Waals surface area contributed by atoms with Crippen LogP contribution in [-0.4, -0.2) is 49.2 Å². The van der Waals surface area contributed by atoms with Gasteiger partial charge < -0.3 is 10.1 Å². The van der Waals surface area contributed by atoms with Gasteiger partial charge in [-0.1, -0.05) is 25.7 Å². The summed E-state index contributed by atoms with van der Waals surface area (Å²) >= 11 is 0. The van der Waals surface area contributed by atoms with Crippen molar-refractivity contribution < 1.29 is 9.53 Å². The normalized spacial score (nSPS) is 31.9. The molecule has 0 spiro atoms. The summed E-state index contributed by atoms with van der Waals surface area (Å²) in [5, 5.41) is 2.72. The van der Waals surface area contributed by atoms with Crippen LogP contribution in [0, 0.1) is 0 Å². The molecular weight excluding hydrogens is 228 g/mol. The predicted octanol–water partition coefficient (Wildman–Crippen LogP) is 1.55. The van der Waals surface area contributed by atoms with Crippen LogP contribution in [0.4, 0.5) is 0 Å². The minimum atomic E-state index is -0.667. The van der Waals surface area contributed by atoms with Crippen LogP contribution in [-0.2, 0) is 9.53 Å². The number of hydrogen-bond donors (Lipinski definition) is 1. The lowest BCUT2D eigenvalue weighted by Gasteiger charge is -2.42. The van der Waals surface area contributed by atoms with Crippen molar-refractivity contribution in [2.75, 3.05) is 26.7 Å². The number of likely N-dealkylation sites (N-methyl/N-ethyl adjacent to an activating group) is 1. The molecule has 0 bridgehead atoms. The quantitative estimate of drug-likeness (QED) is 0.760. The van der Waals surface area contributed by atoms with Crippen LogP contribution in [0.25, 0.3) is 0 Å². The number of amides is 1. The van der Waals surface area contributed by atoms with Crippen LogP contribution in [0.5, 0.6) is 0 Å². The second-order valence-electron chi connectivity index (χ2n) is 5.77. The van der Waals surface area contributed by atoms with E-state index < -0.39 is 5.60 Å². The van der Waals surface area contributed by atoms with Gasteiger partial charge in [-0.15, -0.1) is 0 Å². The summed E-state index contributed by atoms with van der Waals surface area (Å²) in [6.45, 7) is 4.28. The number of nitrogens with one attached hydrogen (secondary N) is 1. The van der Waals surface area contributed by atoms with Crippen LogP contribution in [0.3, 0.4) is 0 Å². The maximum Gasteiger partial charge on any atom is 0.253 e. The first-order valence-electron chi connectivity index (χ1n) is 7.26. The fourth-order valence-corrected chi connectivity index (χ4v) is 3.24. The van der Waals surface area contributed by atoms with Crippen molar-refractivity contribution in [1.29, 1.82) is 0 Å². The predicted molar refractivity (Wildman–Crippen MR) is 71.5 cm³/mol. The molecule has 1 aliphatic carbocycles. The molecule has 0 unspecified atom stereocenters. The SMILES string of the molecule is CNC(=O)[C@]1(C)CN(C2CCCCCC2)CCO1. The van der Waals surface area contributed by atoms with Gasteiger partial charge in [0.2, 0.25) is 0 Å². The Balaban J connectivity index is 1.98. The molecule has 1 heterocycles. The van der Waals surface area contributed by atoms with E-state index in [9.17, 15) is 4.79 Å². The number of ether oxygens (including phenoxy) is 1. The summed E-state index contributed by atoms with van der Waals surface area (Å²) in [6, 6.07) is 0.653. The van der Waals surface area contributed by atoms with Gasteiger partial charge in [0.05, 0.1) is 6.61 Å². The Labute approximate surface area is 110 Å². The van der Waals surface area contributed by atoms with Crippen LogP contribution >= 0.6 is 0 Å². The third kappa shape index (κ3) is 3.04. The average Bonchev–Trinajstić information content (AvgIpc) is 2.66. The van der Waals surface area contributed by atoms with E-state index in [0.717, 1.165) is 13.1 Å². The highest BCUT2D eigenvalue weighted by atomic mass is 16.5. The molecule has 2 aliphatic rings. The summed E-state index contributed by atoms with van der Waals surface area (Å²) in [4.78, 5) is 14.4. The topological polar surface area (TPSA) is 41.6 Å². The van der Waals surface area contributed by atoms with Gasteiger partial charge in [-0.25, -0.2) is 0 Å². The van der Waals surface area contributed by atoms with Crippen LogP contribution in [0.15, 0.2) is 0 Å². The van der Waals surface area contributed by atoms with Crippen molar-refractivity contribution in [2.24, 2.45) is 0 Å². The largest absolute Gasteiger partial charge is 0.363 e. The van der Waals surface area contributed by atoms with Crippen molar-refractivity contribution in [1.82, 2.24) is 10.2 Å². The maximum absolute atomic E-state index is 11.9. The van der Waals surface area contributed by atoms with E-state index in [1.165, 1.54) is 38.5 Å². The van der Waals surface area contributed by atoms with Crippen molar-refractivity contribution in [3.63, 3.8) is 0 Å². The minimum absolute atomic E-state index is 0.000761. The fourth-order valence-electron chi connectivity index (χ4n) is 3.24. The van der Waals surface area contributed by atoms with Gasteiger partial charge in [-0.3, -0.25) is 9.69 Å². The molecule has 0 aromatic carbocycles. The number of hydrogen-bond acceptors (Lipinski definition) is 3. The number of nitrogens with zero attached hydrogens (tertiary/aromatic N) is 1. The zero-order chi connectivity index (χ0) is 13.0. The van der Waals surface area contributed by atoms with E-state index in [-0.39, 0.29) is 5.91 Å². The molecule has 1 aliphatic heterocycles. The van der Waals surface area contributed by atoms with Gasteiger partial charge in [-0.2, -0.15) is 0 Å². The summed E-state index contributed by atoms with van der Waals surface area (Å²) in [5.41, 5.74) is -0.667. The monoisotopic (exact) mass is 254 g/mol. The summed E-state index contributed by atoms with van der Waals surface area (Å²) in [5.74, 6) is 0.000761. The second kappa shape index (κ2) is 6.02. The Bertz CT molecular complexity index is 288. The number of carbonyl (C=O) groups excluding carboxylic acids is 1. The smallest absolute Gasteiger partial charge is 0.253 e. The minimum Gasteiger partial charge on any atom is -0.363 e. The highest BCUT2D eigenvalue weighted by molar-refractivity contribution is 5.84. The Kier molecular flexibility index (Phi) is 4.62. The molecule has 1 N–H and O–H groups in total. The molecule has 1 amide bonds. The number of rotatable bonds is 2. The summed E-state index contributed by atoms with van der Waals surface area (Å²) in [7, 11) is 1.68. The van der Waals surface area contributed by atoms with Gasteiger partial charge in [-0.05, 0) is 19.8 Å². The summed E-state index contributed by atoms with van der Waals surface area (Å²) in [6.07, 6.45) is 7.96. The lowest BCUT2D eigenvalue weighted by Crippen LogP contribution is -2.59. The van der Waals surface area contributed by atoms with Gasteiger partial charge in [0.15, 0.2) is 5.60 Å². The maximum atomic E-state index is 11.9. The van der Waals surface area contributed by atoms with E-state index in [4.69, 9.17) is 4.74 Å². The zero-order valence-corrected chi connectivity index (χ0v) is 11.7. The molecule has 2 fully saturated rings. The number of morpholine rings is 1. The molecule has 1 atom stereocenters. The third-order valence-electron chi connectivity index (χ3n) is 4.35. The highest BCUT2D eigenvalue weighted by Gasteiger charge is 2.40. The highest BCUT2D eigenvalue weighted by Crippen LogP contribution is 2.26. The van der Waals surface area contributed by atoms with Crippen molar-refractivity contribution >= 4 is 5.91 Å². The van der Waals surface area contributed by atoms with Gasteiger partial charge in [0.25, 0.3) is 5.91 Å². The second-order valence-corrected chi connectivity index (χ2v) is 5.77.